The molecule has 0 radical (unpaired) electrons. The van der Waals surface area contributed by atoms with Gasteiger partial charge in [0.1, 0.15) is 0 Å². The van der Waals surface area contributed by atoms with E-state index in [0.29, 0.717) is 37.6 Å². The van der Waals surface area contributed by atoms with Crippen LogP contribution in [0.4, 0.5) is 5.69 Å². The Morgan fingerprint density at radius 2 is 2.09 bits per heavy atom. The number of nitrogens with zero attached hydrogens (tertiary/aromatic N) is 1. The second kappa shape index (κ2) is 7.61. The van der Waals surface area contributed by atoms with E-state index in [0.717, 1.165) is 0 Å². The third-order valence-corrected chi connectivity index (χ3v) is 5.89. The average molecular weight is 349 g/mol. The van der Waals surface area contributed by atoms with Gasteiger partial charge in [-0.15, -0.1) is 11.6 Å². The summed E-state index contributed by atoms with van der Waals surface area (Å²) in [6.45, 7) is 3.60. The highest BCUT2D eigenvalue weighted by Crippen LogP contribution is 2.24. The zero-order valence-corrected chi connectivity index (χ0v) is 14.0. The first kappa shape index (κ1) is 17.5. The molecule has 1 aromatic carbocycles. The van der Waals surface area contributed by atoms with E-state index >= 15 is 0 Å². The van der Waals surface area contributed by atoms with Gasteiger partial charge in [0, 0.05) is 25.3 Å². The molecular formula is C14H21ClN2O4S. The van der Waals surface area contributed by atoms with Crippen molar-refractivity contribution in [3.8, 4) is 0 Å². The molecule has 124 valence electrons. The van der Waals surface area contributed by atoms with E-state index in [1.807, 2.05) is 0 Å². The number of rotatable bonds is 6. The van der Waals surface area contributed by atoms with E-state index in [2.05, 4.69) is 5.32 Å². The molecule has 0 aliphatic carbocycles. The number of morpholine rings is 1. The van der Waals surface area contributed by atoms with Crippen LogP contribution in [0.3, 0.4) is 0 Å². The Balaban J connectivity index is 2.21. The predicted molar refractivity (Wildman–Crippen MR) is 86.0 cm³/mol. The van der Waals surface area contributed by atoms with Crippen LogP contribution >= 0.6 is 11.6 Å². The van der Waals surface area contributed by atoms with Crippen LogP contribution in [-0.2, 0) is 14.8 Å². The maximum Gasteiger partial charge on any atom is 0.243 e. The Hall–Kier alpha value is -0.860. The fraction of sp³-hybridized carbons (Fsp3) is 0.571. The molecule has 0 bridgehead atoms. The first-order chi connectivity index (χ1) is 10.4. The number of alkyl halides is 1. The highest BCUT2D eigenvalue weighted by atomic mass is 35.5. The summed E-state index contributed by atoms with van der Waals surface area (Å²) >= 11 is 5.54. The van der Waals surface area contributed by atoms with E-state index < -0.39 is 16.1 Å². The molecule has 0 amide bonds. The van der Waals surface area contributed by atoms with Gasteiger partial charge in [-0.25, -0.2) is 8.42 Å². The Morgan fingerprint density at radius 1 is 1.41 bits per heavy atom. The molecule has 8 heteroatoms. The van der Waals surface area contributed by atoms with Gasteiger partial charge in [0.25, 0.3) is 0 Å². The summed E-state index contributed by atoms with van der Waals surface area (Å²) < 4.78 is 32.1. The van der Waals surface area contributed by atoms with Crippen LogP contribution in [-0.4, -0.2) is 62.7 Å². The lowest BCUT2D eigenvalue weighted by Crippen LogP contribution is -2.40. The molecule has 6 nitrogen and oxygen atoms in total. The van der Waals surface area contributed by atoms with Gasteiger partial charge in [-0.05, 0) is 24.6 Å². The second-order valence-corrected chi connectivity index (χ2v) is 7.40. The fourth-order valence-electron chi connectivity index (χ4n) is 2.20. The molecule has 1 aromatic rings. The minimum atomic E-state index is -3.53. The van der Waals surface area contributed by atoms with Crippen molar-refractivity contribution < 1.29 is 18.3 Å². The topological polar surface area (TPSA) is 78.9 Å². The van der Waals surface area contributed by atoms with Crippen molar-refractivity contribution in [2.45, 2.75) is 17.9 Å². The number of nitrogens with one attached hydrogen (secondary N) is 1. The number of aliphatic hydroxyl groups excluding tert-OH is 1. The number of anilines is 1. The summed E-state index contributed by atoms with van der Waals surface area (Å²) in [5, 5.41) is 12.5. The third kappa shape index (κ3) is 4.11. The number of hydrogen-bond acceptors (Lipinski definition) is 5. The highest BCUT2D eigenvalue weighted by molar-refractivity contribution is 7.89. The molecule has 1 saturated heterocycles. The van der Waals surface area contributed by atoms with Gasteiger partial charge in [-0.3, -0.25) is 0 Å². The first-order valence-corrected chi connectivity index (χ1v) is 9.09. The molecule has 1 atom stereocenters. The number of aryl methyl sites for hydroxylation is 1. The summed E-state index contributed by atoms with van der Waals surface area (Å²) in [7, 11) is -3.53. The van der Waals surface area contributed by atoms with Crippen molar-refractivity contribution in [1.82, 2.24) is 4.31 Å². The molecule has 1 aliphatic rings. The van der Waals surface area contributed by atoms with Crippen molar-refractivity contribution in [2.24, 2.45) is 0 Å². The van der Waals surface area contributed by atoms with Crippen LogP contribution in [0.5, 0.6) is 0 Å². The minimum Gasteiger partial charge on any atom is -0.390 e. The third-order valence-electron chi connectivity index (χ3n) is 3.50. The zero-order valence-electron chi connectivity index (χ0n) is 12.5. The Kier molecular flexibility index (Phi) is 6.05. The number of aliphatic hydroxyl groups is 1. The SMILES string of the molecule is Cc1ccc(NCC(O)CCl)cc1S(=O)(=O)N1CCOCC1. The molecule has 1 fully saturated rings. The van der Waals surface area contributed by atoms with Crippen LogP contribution in [0.25, 0.3) is 0 Å². The lowest BCUT2D eigenvalue weighted by molar-refractivity contribution is 0.0730. The Bertz CT molecular complexity index is 603. The van der Waals surface area contributed by atoms with Crippen molar-refractivity contribution in [2.75, 3.05) is 44.0 Å². The normalized spacial score (nSPS) is 18.1. The van der Waals surface area contributed by atoms with Gasteiger partial charge in [0.15, 0.2) is 0 Å². The number of sulfonamides is 1. The number of hydrogen-bond donors (Lipinski definition) is 2. The molecule has 22 heavy (non-hydrogen) atoms. The van der Waals surface area contributed by atoms with Gasteiger partial charge in [-0.2, -0.15) is 4.31 Å². The van der Waals surface area contributed by atoms with Crippen LogP contribution in [0, 0.1) is 6.92 Å². The van der Waals surface area contributed by atoms with Crippen molar-refractivity contribution in [3.05, 3.63) is 23.8 Å². The zero-order chi connectivity index (χ0) is 16.2. The molecule has 1 heterocycles. The molecule has 0 aromatic heterocycles. The molecule has 1 unspecified atom stereocenters. The van der Waals surface area contributed by atoms with Gasteiger partial charge >= 0.3 is 0 Å². The van der Waals surface area contributed by atoms with Crippen molar-refractivity contribution in [1.29, 1.82) is 0 Å². The maximum atomic E-state index is 12.7. The molecule has 0 saturated carbocycles. The molecule has 1 aliphatic heterocycles. The van der Waals surface area contributed by atoms with Crippen LogP contribution < -0.4 is 5.32 Å². The van der Waals surface area contributed by atoms with Crippen molar-refractivity contribution in [3.63, 3.8) is 0 Å². The Labute approximate surface area is 136 Å². The lowest BCUT2D eigenvalue weighted by Gasteiger charge is -2.27. The van der Waals surface area contributed by atoms with Gasteiger partial charge in [-0.1, -0.05) is 6.07 Å². The van der Waals surface area contributed by atoms with Gasteiger partial charge < -0.3 is 15.2 Å². The van der Waals surface area contributed by atoms with E-state index in [1.54, 1.807) is 25.1 Å². The fourth-order valence-corrected chi connectivity index (χ4v) is 3.97. The van der Waals surface area contributed by atoms with Crippen molar-refractivity contribution >= 4 is 27.3 Å². The molecule has 2 N–H and O–H groups in total. The highest BCUT2D eigenvalue weighted by Gasteiger charge is 2.27. The smallest absolute Gasteiger partial charge is 0.243 e. The average Bonchev–Trinajstić information content (AvgIpc) is 2.54. The number of ether oxygens (including phenoxy) is 1. The summed E-state index contributed by atoms with van der Waals surface area (Å²) in [6.07, 6.45) is -0.678. The molecule has 2 rings (SSSR count). The minimum absolute atomic E-state index is 0.123. The lowest BCUT2D eigenvalue weighted by atomic mass is 10.2. The summed E-state index contributed by atoms with van der Waals surface area (Å²) in [4.78, 5) is 0.278. The van der Waals surface area contributed by atoms with Crippen LogP contribution in [0.15, 0.2) is 23.1 Å². The van der Waals surface area contributed by atoms with Gasteiger partial charge in [0.2, 0.25) is 10.0 Å². The van der Waals surface area contributed by atoms with E-state index in [-0.39, 0.29) is 17.3 Å². The number of benzene rings is 1. The summed E-state index contributed by atoms with van der Waals surface area (Å²) in [6, 6.07) is 5.14. The first-order valence-electron chi connectivity index (χ1n) is 7.11. The van der Waals surface area contributed by atoms with E-state index in [4.69, 9.17) is 16.3 Å². The summed E-state index contributed by atoms with van der Waals surface area (Å²) in [5.41, 5.74) is 1.33. The van der Waals surface area contributed by atoms with Gasteiger partial charge in [0.05, 0.1) is 30.1 Å². The molecule has 0 spiro atoms. The monoisotopic (exact) mass is 348 g/mol. The largest absolute Gasteiger partial charge is 0.390 e. The van der Waals surface area contributed by atoms with Crippen LogP contribution in [0.1, 0.15) is 5.56 Å². The summed E-state index contributed by atoms with van der Waals surface area (Å²) in [5.74, 6) is 0.123. The predicted octanol–water partition coefficient (Wildman–Crippen LogP) is 1.03. The standard InChI is InChI=1S/C14H21ClN2O4S/c1-11-2-3-12(16-10-13(18)9-15)8-14(11)22(19,20)17-4-6-21-7-5-17/h2-3,8,13,16,18H,4-7,9-10H2,1H3. The Morgan fingerprint density at radius 3 is 2.73 bits per heavy atom. The van der Waals surface area contributed by atoms with E-state index in [1.165, 1.54) is 4.31 Å². The number of halogens is 1. The quantitative estimate of drug-likeness (QED) is 0.751. The second-order valence-electron chi connectivity index (χ2n) is 5.19. The van der Waals surface area contributed by atoms with Crippen LogP contribution in [0.2, 0.25) is 0 Å². The molecular weight excluding hydrogens is 328 g/mol. The van der Waals surface area contributed by atoms with E-state index in [9.17, 15) is 13.5 Å². The maximum absolute atomic E-state index is 12.7.